The summed E-state index contributed by atoms with van der Waals surface area (Å²) in [5, 5.41) is 3.25. The normalized spacial score (nSPS) is 26.4. The zero-order chi connectivity index (χ0) is 16.2. The second-order valence-corrected chi connectivity index (χ2v) is 7.45. The Hall–Kier alpha value is -0.980. The summed E-state index contributed by atoms with van der Waals surface area (Å²) in [5.74, 6) is 0.470. The molecule has 3 atom stereocenters. The van der Waals surface area contributed by atoms with Crippen molar-refractivity contribution in [3.63, 3.8) is 0 Å². The van der Waals surface area contributed by atoms with Crippen molar-refractivity contribution in [2.75, 3.05) is 26.3 Å². The smallest absolute Gasteiger partial charge is 0.251 e. The van der Waals surface area contributed by atoms with Crippen LogP contribution in [-0.4, -0.2) is 54.3 Å². The van der Waals surface area contributed by atoms with Gasteiger partial charge in [-0.25, -0.2) is 4.98 Å². The number of thiazole rings is 1. The molecule has 3 heterocycles. The Labute approximate surface area is 142 Å². The fourth-order valence-electron chi connectivity index (χ4n) is 3.29. The summed E-state index contributed by atoms with van der Waals surface area (Å²) in [5.41, 5.74) is 1.07. The first kappa shape index (κ1) is 16.9. The van der Waals surface area contributed by atoms with E-state index in [9.17, 15) is 4.79 Å². The predicted molar refractivity (Wildman–Crippen MR) is 89.8 cm³/mol. The van der Waals surface area contributed by atoms with Gasteiger partial charge in [0.25, 0.3) is 5.91 Å². The maximum atomic E-state index is 12.6. The predicted octanol–water partition coefficient (Wildman–Crippen LogP) is 2.74. The van der Waals surface area contributed by atoms with Crippen LogP contribution in [0.5, 0.6) is 0 Å². The molecule has 6 heteroatoms. The van der Waals surface area contributed by atoms with E-state index in [1.165, 1.54) is 0 Å². The van der Waals surface area contributed by atoms with Crippen molar-refractivity contribution < 1.29 is 14.3 Å². The van der Waals surface area contributed by atoms with Gasteiger partial charge >= 0.3 is 0 Å². The molecule has 0 radical (unpaired) electrons. The second-order valence-electron chi connectivity index (χ2n) is 6.56. The third-order valence-electron chi connectivity index (χ3n) is 4.62. The highest BCUT2D eigenvalue weighted by Gasteiger charge is 2.29. The molecule has 2 saturated heterocycles. The van der Waals surface area contributed by atoms with Gasteiger partial charge in [-0.3, -0.25) is 4.79 Å². The molecule has 1 aromatic rings. The molecular weight excluding hydrogens is 312 g/mol. The van der Waals surface area contributed by atoms with Gasteiger partial charge in [0.1, 0.15) is 6.10 Å². The number of aryl methyl sites for hydroxylation is 1. The minimum absolute atomic E-state index is 0.0981. The molecule has 1 amide bonds. The van der Waals surface area contributed by atoms with Crippen molar-refractivity contribution in [2.45, 2.75) is 57.7 Å². The Kier molecular flexibility index (Phi) is 5.67. The minimum atomic E-state index is -0.393. The molecular formula is C17H26N2O3S. The molecule has 5 nitrogen and oxygen atoms in total. The fraction of sp³-hybridized carbons (Fsp3) is 0.765. The fourth-order valence-corrected chi connectivity index (χ4v) is 4.22. The van der Waals surface area contributed by atoms with Crippen LogP contribution in [0.25, 0.3) is 0 Å². The van der Waals surface area contributed by atoms with Crippen molar-refractivity contribution in [3.8, 4) is 0 Å². The summed E-state index contributed by atoms with van der Waals surface area (Å²) < 4.78 is 11.3. The lowest BCUT2D eigenvalue weighted by Gasteiger charge is -2.33. The number of hydrogen-bond donors (Lipinski definition) is 0. The van der Waals surface area contributed by atoms with E-state index >= 15 is 0 Å². The molecule has 0 aromatic carbocycles. The number of nitrogens with zero attached hydrogens (tertiary/aromatic N) is 2. The van der Waals surface area contributed by atoms with Crippen LogP contribution in [0, 0.1) is 6.92 Å². The topological polar surface area (TPSA) is 51.7 Å². The SMILES string of the molecule is Cc1csc([C@@H]2CCCN(C(=O)[C@H](C)OC[C@@H]3CCCO3)C2)n1. The maximum Gasteiger partial charge on any atom is 0.251 e. The van der Waals surface area contributed by atoms with Gasteiger partial charge in [0.05, 0.1) is 17.7 Å². The van der Waals surface area contributed by atoms with Gasteiger partial charge in [-0.2, -0.15) is 0 Å². The zero-order valence-corrected chi connectivity index (χ0v) is 14.8. The Morgan fingerprint density at radius 2 is 2.39 bits per heavy atom. The molecule has 128 valence electrons. The van der Waals surface area contributed by atoms with E-state index < -0.39 is 6.10 Å². The summed E-state index contributed by atoms with van der Waals surface area (Å²) in [6.45, 7) is 6.81. The number of likely N-dealkylation sites (tertiary alicyclic amines) is 1. The summed E-state index contributed by atoms with van der Waals surface area (Å²) in [6.07, 6.45) is 4.05. The molecule has 23 heavy (non-hydrogen) atoms. The first-order valence-electron chi connectivity index (χ1n) is 8.57. The maximum absolute atomic E-state index is 12.6. The number of rotatable bonds is 5. The van der Waals surface area contributed by atoms with Crippen LogP contribution in [0.2, 0.25) is 0 Å². The highest BCUT2D eigenvalue weighted by atomic mass is 32.1. The first-order chi connectivity index (χ1) is 11.1. The molecule has 1 aromatic heterocycles. The second kappa shape index (κ2) is 7.73. The highest BCUT2D eigenvalue weighted by Crippen LogP contribution is 2.29. The molecule has 0 aliphatic carbocycles. The number of amides is 1. The standard InChI is InChI=1S/C17H26N2O3S/c1-12-11-23-16(18-12)14-5-3-7-19(9-14)17(20)13(2)22-10-15-6-4-8-21-15/h11,13-15H,3-10H2,1-2H3/t13-,14+,15-/m0/s1. The van der Waals surface area contributed by atoms with Crippen LogP contribution < -0.4 is 0 Å². The molecule has 0 saturated carbocycles. The average molecular weight is 338 g/mol. The number of hydrogen-bond acceptors (Lipinski definition) is 5. The molecule has 2 aliphatic heterocycles. The summed E-state index contributed by atoms with van der Waals surface area (Å²) >= 11 is 1.71. The Bertz CT molecular complexity index is 528. The van der Waals surface area contributed by atoms with Gasteiger partial charge in [0.2, 0.25) is 0 Å². The van der Waals surface area contributed by atoms with Crippen LogP contribution >= 0.6 is 11.3 Å². The van der Waals surface area contributed by atoms with Gasteiger partial charge in [-0.15, -0.1) is 11.3 Å². The third-order valence-corrected chi connectivity index (χ3v) is 5.75. The van der Waals surface area contributed by atoms with Gasteiger partial charge in [0.15, 0.2) is 0 Å². The van der Waals surface area contributed by atoms with E-state index in [1.807, 2.05) is 18.7 Å². The van der Waals surface area contributed by atoms with Gasteiger partial charge in [-0.1, -0.05) is 0 Å². The molecule has 2 fully saturated rings. The quantitative estimate of drug-likeness (QED) is 0.828. The Morgan fingerprint density at radius 1 is 1.52 bits per heavy atom. The number of ether oxygens (including phenoxy) is 2. The zero-order valence-electron chi connectivity index (χ0n) is 14.0. The lowest BCUT2D eigenvalue weighted by Crippen LogP contribution is -2.44. The highest BCUT2D eigenvalue weighted by molar-refractivity contribution is 7.09. The lowest BCUT2D eigenvalue weighted by atomic mass is 9.98. The van der Waals surface area contributed by atoms with Crippen molar-refractivity contribution >= 4 is 17.2 Å². The monoisotopic (exact) mass is 338 g/mol. The molecule has 0 spiro atoms. The average Bonchev–Trinajstić information content (AvgIpc) is 3.23. The summed E-state index contributed by atoms with van der Waals surface area (Å²) in [4.78, 5) is 19.2. The third kappa shape index (κ3) is 4.31. The van der Waals surface area contributed by atoms with Gasteiger partial charge in [-0.05, 0) is 39.5 Å². The van der Waals surface area contributed by atoms with E-state index in [4.69, 9.17) is 9.47 Å². The summed E-state index contributed by atoms with van der Waals surface area (Å²) in [7, 11) is 0. The Morgan fingerprint density at radius 3 is 3.09 bits per heavy atom. The van der Waals surface area contributed by atoms with Gasteiger partial charge < -0.3 is 14.4 Å². The van der Waals surface area contributed by atoms with Crippen molar-refractivity contribution in [2.24, 2.45) is 0 Å². The van der Waals surface area contributed by atoms with Crippen LogP contribution in [-0.2, 0) is 14.3 Å². The lowest BCUT2D eigenvalue weighted by molar-refractivity contribution is -0.145. The first-order valence-corrected chi connectivity index (χ1v) is 9.45. The number of carbonyl (C=O) groups is 1. The van der Waals surface area contributed by atoms with E-state index in [0.717, 1.165) is 56.1 Å². The largest absolute Gasteiger partial charge is 0.376 e. The Balaban J connectivity index is 1.51. The van der Waals surface area contributed by atoms with Crippen LogP contribution in [0.15, 0.2) is 5.38 Å². The van der Waals surface area contributed by atoms with Crippen molar-refractivity contribution in [1.82, 2.24) is 9.88 Å². The van der Waals surface area contributed by atoms with Crippen LogP contribution in [0.1, 0.15) is 49.2 Å². The molecule has 0 unspecified atom stereocenters. The van der Waals surface area contributed by atoms with Crippen molar-refractivity contribution in [3.05, 3.63) is 16.1 Å². The number of carbonyl (C=O) groups excluding carboxylic acids is 1. The minimum Gasteiger partial charge on any atom is -0.376 e. The van der Waals surface area contributed by atoms with E-state index in [2.05, 4.69) is 10.4 Å². The number of aromatic nitrogens is 1. The molecule has 2 aliphatic rings. The van der Waals surface area contributed by atoms with Gasteiger partial charge in [0, 0.05) is 36.7 Å². The van der Waals surface area contributed by atoms with E-state index in [1.54, 1.807) is 11.3 Å². The van der Waals surface area contributed by atoms with E-state index in [0.29, 0.717) is 12.5 Å². The van der Waals surface area contributed by atoms with E-state index in [-0.39, 0.29) is 12.0 Å². The molecule has 0 bridgehead atoms. The van der Waals surface area contributed by atoms with Crippen LogP contribution in [0.3, 0.4) is 0 Å². The number of piperidine rings is 1. The van der Waals surface area contributed by atoms with Crippen LogP contribution in [0.4, 0.5) is 0 Å². The van der Waals surface area contributed by atoms with Crippen molar-refractivity contribution in [1.29, 1.82) is 0 Å². The molecule has 3 rings (SSSR count). The molecule has 0 N–H and O–H groups in total. The summed E-state index contributed by atoms with van der Waals surface area (Å²) in [6, 6.07) is 0.